The van der Waals surface area contributed by atoms with Crippen LogP contribution in [-0.4, -0.2) is 19.9 Å². The highest BCUT2D eigenvalue weighted by atomic mass is 16.4. The molecule has 2 N–H and O–H groups in total. The van der Waals surface area contributed by atoms with E-state index in [-0.39, 0.29) is 0 Å². The number of nitrogens with one attached hydrogen (secondary N) is 2. The Morgan fingerprint density at radius 1 is 1.00 bits per heavy atom. The van der Waals surface area contributed by atoms with Gasteiger partial charge < -0.3 is 14.7 Å². The first-order chi connectivity index (χ1) is 13.8. The number of aromatic nitrogens is 4. The molecular weight excluding hydrogens is 350 g/mol. The summed E-state index contributed by atoms with van der Waals surface area (Å²) in [5.41, 5.74) is 3.77. The third kappa shape index (κ3) is 3.01. The maximum Gasteiger partial charge on any atom is 0.226 e. The predicted octanol–water partition coefficient (Wildman–Crippen LogP) is 5.33. The van der Waals surface area contributed by atoms with E-state index in [4.69, 9.17) is 4.42 Å². The molecule has 0 unspecified atom stereocenters. The van der Waals surface area contributed by atoms with E-state index in [0.717, 1.165) is 27.8 Å². The van der Waals surface area contributed by atoms with Gasteiger partial charge in [0.15, 0.2) is 5.76 Å². The smallest absolute Gasteiger partial charge is 0.226 e. The van der Waals surface area contributed by atoms with Crippen LogP contribution in [-0.2, 0) is 0 Å². The second kappa shape index (κ2) is 6.66. The van der Waals surface area contributed by atoms with E-state index in [2.05, 4.69) is 31.3 Å². The third-order valence-electron chi connectivity index (χ3n) is 4.56. The second-order valence-corrected chi connectivity index (χ2v) is 6.51. The molecule has 1 aromatic carbocycles. The Morgan fingerprint density at radius 2 is 1.96 bits per heavy atom. The monoisotopic (exact) mass is 367 g/mol. The van der Waals surface area contributed by atoms with Crippen molar-refractivity contribution in [1.29, 1.82) is 0 Å². The normalized spacial score (nSPS) is 11.0. The van der Waals surface area contributed by atoms with Crippen LogP contribution in [0, 0.1) is 6.92 Å². The largest absolute Gasteiger partial charge is 0.434 e. The minimum atomic E-state index is 0.568. The molecule has 4 heterocycles. The highest BCUT2D eigenvalue weighted by Crippen LogP contribution is 2.28. The summed E-state index contributed by atoms with van der Waals surface area (Å²) >= 11 is 0. The Bertz CT molecular complexity index is 1270. The number of oxazole rings is 1. The molecule has 0 aliphatic carbocycles. The number of benzene rings is 1. The molecule has 0 atom stereocenters. The SMILES string of the molecule is Cc1cccnc1Nc1cccc(-c2cnc(-c3ccc4[nH]ccc4c3)o2)n1. The molecule has 0 amide bonds. The van der Waals surface area contributed by atoms with Crippen molar-refractivity contribution in [3.05, 3.63) is 78.8 Å². The number of rotatable bonds is 4. The average Bonchev–Trinajstić information content (AvgIpc) is 3.39. The number of nitrogens with zero attached hydrogens (tertiary/aromatic N) is 3. The zero-order valence-electron chi connectivity index (χ0n) is 15.2. The van der Waals surface area contributed by atoms with Gasteiger partial charge in [0.05, 0.1) is 6.20 Å². The molecule has 0 spiro atoms. The van der Waals surface area contributed by atoms with Gasteiger partial charge in [-0.3, -0.25) is 0 Å². The molecular formula is C22H17N5O. The van der Waals surface area contributed by atoms with Crippen molar-refractivity contribution in [2.75, 3.05) is 5.32 Å². The van der Waals surface area contributed by atoms with E-state index in [9.17, 15) is 0 Å². The molecule has 5 aromatic rings. The van der Waals surface area contributed by atoms with Gasteiger partial charge in [-0.2, -0.15) is 0 Å². The summed E-state index contributed by atoms with van der Waals surface area (Å²) in [6.45, 7) is 2.00. The molecule has 4 aromatic heterocycles. The van der Waals surface area contributed by atoms with Crippen LogP contribution in [0.15, 0.2) is 77.6 Å². The molecule has 6 heteroatoms. The molecule has 0 radical (unpaired) electrons. The van der Waals surface area contributed by atoms with Gasteiger partial charge in [-0.15, -0.1) is 0 Å². The highest BCUT2D eigenvalue weighted by Gasteiger charge is 2.11. The van der Waals surface area contributed by atoms with Crippen molar-refractivity contribution in [1.82, 2.24) is 19.9 Å². The maximum atomic E-state index is 5.98. The Hall–Kier alpha value is -3.93. The fourth-order valence-electron chi connectivity index (χ4n) is 3.09. The number of aromatic amines is 1. The van der Waals surface area contributed by atoms with Gasteiger partial charge in [0.25, 0.3) is 0 Å². The van der Waals surface area contributed by atoms with E-state index >= 15 is 0 Å². The molecule has 0 fully saturated rings. The lowest BCUT2D eigenvalue weighted by Gasteiger charge is -2.07. The minimum Gasteiger partial charge on any atom is -0.434 e. The van der Waals surface area contributed by atoms with E-state index in [1.54, 1.807) is 12.4 Å². The molecule has 136 valence electrons. The molecule has 28 heavy (non-hydrogen) atoms. The third-order valence-corrected chi connectivity index (χ3v) is 4.56. The Morgan fingerprint density at radius 3 is 2.89 bits per heavy atom. The van der Waals surface area contributed by atoms with Gasteiger partial charge in [-0.05, 0) is 55.0 Å². The van der Waals surface area contributed by atoms with Crippen LogP contribution in [0.2, 0.25) is 0 Å². The fourth-order valence-corrected chi connectivity index (χ4v) is 3.09. The van der Waals surface area contributed by atoms with Crippen LogP contribution in [0.4, 0.5) is 11.6 Å². The zero-order valence-corrected chi connectivity index (χ0v) is 15.2. The first-order valence-electron chi connectivity index (χ1n) is 8.96. The summed E-state index contributed by atoms with van der Waals surface area (Å²) in [4.78, 5) is 16.6. The lowest BCUT2D eigenvalue weighted by molar-refractivity contribution is 0.587. The molecule has 0 saturated carbocycles. The highest BCUT2D eigenvalue weighted by molar-refractivity contribution is 5.83. The summed E-state index contributed by atoms with van der Waals surface area (Å²) in [5, 5.41) is 4.37. The summed E-state index contributed by atoms with van der Waals surface area (Å²) in [6, 6.07) is 17.7. The number of H-pyrrole nitrogens is 1. The van der Waals surface area contributed by atoms with Gasteiger partial charge in [-0.1, -0.05) is 12.1 Å². The number of hydrogen-bond acceptors (Lipinski definition) is 5. The number of fused-ring (bicyclic) bond motifs is 1. The van der Waals surface area contributed by atoms with Crippen molar-refractivity contribution in [2.45, 2.75) is 6.92 Å². The molecule has 0 saturated heterocycles. The quantitative estimate of drug-likeness (QED) is 0.449. The average molecular weight is 367 g/mol. The minimum absolute atomic E-state index is 0.568. The van der Waals surface area contributed by atoms with Crippen molar-refractivity contribution >= 4 is 22.5 Å². The summed E-state index contributed by atoms with van der Waals surface area (Å²) in [7, 11) is 0. The van der Waals surface area contributed by atoms with E-state index < -0.39 is 0 Å². The number of hydrogen-bond donors (Lipinski definition) is 2. The fraction of sp³-hybridized carbons (Fsp3) is 0.0455. The summed E-state index contributed by atoms with van der Waals surface area (Å²) < 4.78 is 5.98. The topological polar surface area (TPSA) is 79.6 Å². The molecule has 5 rings (SSSR count). The van der Waals surface area contributed by atoms with Crippen LogP contribution in [0.3, 0.4) is 0 Å². The van der Waals surface area contributed by atoms with E-state index in [1.165, 1.54) is 0 Å². The standard InChI is InChI=1S/C22H17N5O/c1-14-4-3-10-24-21(14)27-20-6-2-5-18(26-20)19-13-25-22(28-19)16-7-8-17-15(12-16)9-11-23-17/h2-13,23H,1H3,(H,24,26,27). The number of pyridine rings is 2. The van der Waals surface area contributed by atoms with Gasteiger partial charge in [-0.25, -0.2) is 15.0 Å². The van der Waals surface area contributed by atoms with Crippen LogP contribution >= 0.6 is 0 Å². The predicted molar refractivity (Wildman–Crippen MR) is 109 cm³/mol. The Balaban J connectivity index is 1.44. The first-order valence-corrected chi connectivity index (χ1v) is 8.96. The molecule has 0 aliphatic rings. The van der Waals surface area contributed by atoms with Crippen molar-refractivity contribution in [2.24, 2.45) is 0 Å². The van der Waals surface area contributed by atoms with Crippen molar-refractivity contribution in [3.63, 3.8) is 0 Å². The number of aryl methyl sites for hydroxylation is 1. The summed E-state index contributed by atoms with van der Waals surface area (Å²) in [5.74, 6) is 2.67. The first kappa shape index (κ1) is 16.3. The van der Waals surface area contributed by atoms with Gasteiger partial charge >= 0.3 is 0 Å². The van der Waals surface area contributed by atoms with Crippen molar-refractivity contribution in [3.8, 4) is 22.9 Å². The molecule has 0 bridgehead atoms. The summed E-state index contributed by atoms with van der Waals surface area (Å²) in [6.07, 6.45) is 5.37. The zero-order chi connectivity index (χ0) is 18.9. The van der Waals surface area contributed by atoms with Crippen LogP contribution in [0.1, 0.15) is 5.56 Å². The number of anilines is 2. The lowest BCUT2D eigenvalue weighted by Crippen LogP contribution is -1.98. The Labute approximate surface area is 161 Å². The molecule has 6 nitrogen and oxygen atoms in total. The lowest BCUT2D eigenvalue weighted by atomic mass is 10.1. The maximum absolute atomic E-state index is 5.98. The van der Waals surface area contributed by atoms with E-state index in [0.29, 0.717) is 23.2 Å². The molecule has 0 aliphatic heterocycles. The van der Waals surface area contributed by atoms with E-state index in [1.807, 2.05) is 61.7 Å². The van der Waals surface area contributed by atoms with Crippen molar-refractivity contribution < 1.29 is 4.42 Å². The Kier molecular flexibility index (Phi) is 3.87. The second-order valence-electron chi connectivity index (χ2n) is 6.51. The van der Waals surface area contributed by atoms with Gasteiger partial charge in [0, 0.05) is 28.9 Å². The van der Waals surface area contributed by atoms with Gasteiger partial charge in [0.1, 0.15) is 17.3 Å². The van der Waals surface area contributed by atoms with Gasteiger partial charge in [0.2, 0.25) is 5.89 Å². The van der Waals surface area contributed by atoms with Crippen LogP contribution in [0.25, 0.3) is 33.8 Å². The van der Waals surface area contributed by atoms with Crippen LogP contribution < -0.4 is 5.32 Å². The van der Waals surface area contributed by atoms with Crippen LogP contribution in [0.5, 0.6) is 0 Å².